The van der Waals surface area contributed by atoms with Crippen LogP contribution in [0.4, 0.5) is 0 Å². The molecule has 0 radical (unpaired) electrons. The van der Waals surface area contributed by atoms with Crippen LogP contribution in [-0.4, -0.2) is 0 Å². The average Bonchev–Trinajstić information content (AvgIpc) is 1.82. The highest BCUT2D eigenvalue weighted by atomic mass is 14.1. The van der Waals surface area contributed by atoms with Crippen molar-refractivity contribution in [2.45, 2.75) is 40.5 Å². The molecule has 0 aromatic rings. The molecule has 0 aromatic carbocycles. The summed E-state index contributed by atoms with van der Waals surface area (Å²) in [5, 5.41) is 0. The van der Waals surface area contributed by atoms with Gasteiger partial charge in [0.05, 0.1) is 0 Å². The van der Waals surface area contributed by atoms with Gasteiger partial charge in [0, 0.05) is 1.43 Å². The van der Waals surface area contributed by atoms with E-state index < -0.39 is 0 Å². The van der Waals surface area contributed by atoms with E-state index in [4.69, 9.17) is 0 Å². The van der Waals surface area contributed by atoms with Gasteiger partial charge in [0.2, 0.25) is 0 Å². The average molecular weight is 142 g/mol. The summed E-state index contributed by atoms with van der Waals surface area (Å²) in [4.78, 5) is 0. The molecule has 0 saturated carbocycles. The van der Waals surface area contributed by atoms with E-state index >= 15 is 0 Å². The van der Waals surface area contributed by atoms with Crippen molar-refractivity contribution < 1.29 is 1.43 Å². The first-order chi connectivity index (χ1) is 4.54. The highest BCUT2D eigenvalue weighted by Gasteiger charge is 2.00. The zero-order valence-electron chi connectivity index (χ0n) is 7.78. The van der Waals surface area contributed by atoms with Crippen molar-refractivity contribution in [1.82, 2.24) is 0 Å². The molecular formula is C10H22. The van der Waals surface area contributed by atoms with Gasteiger partial charge in [0.15, 0.2) is 0 Å². The minimum absolute atomic E-state index is 0. The predicted octanol–water partition coefficient (Wildman–Crippen LogP) is 3.88. The summed E-state index contributed by atoms with van der Waals surface area (Å²) in [6.07, 6.45) is 2.49. The monoisotopic (exact) mass is 142 g/mol. The maximum absolute atomic E-state index is 4.03. The van der Waals surface area contributed by atoms with Gasteiger partial charge < -0.3 is 0 Å². The van der Waals surface area contributed by atoms with Crippen molar-refractivity contribution in [3.63, 3.8) is 0 Å². The molecule has 0 unspecified atom stereocenters. The number of hydrogen-bond acceptors (Lipinski definition) is 0. The Kier molecular flexibility index (Phi) is 4.42. The molecule has 0 aliphatic rings. The van der Waals surface area contributed by atoms with Gasteiger partial charge in [-0.1, -0.05) is 39.8 Å². The molecule has 0 atom stereocenters. The minimum Gasteiger partial charge on any atom is -0.0996 e. The Hall–Kier alpha value is -0.260. The quantitative estimate of drug-likeness (QED) is 0.522. The highest BCUT2D eigenvalue weighted by Crippen LogP contribution is 2.16. The van der Waals surface area contributed by atoms with E-state index in [1.807, 2.05) is 0 Å². The second kappa shape index (κ2) is 4.54. The van der Waals surface area contributed by atoms with Gasteiger partial charge >= 0.3 is 0 Å². The first-order valence-corrected chi connectivity index (χ1v) is 4.21. The molecular weight excluding hydrogens is 120 g/mol. The lowest BCUT2D eigenvalue weighted by Gasteiger charge is -2.10. The molecule has 0 spiro atoms. The van der Waals surface area contributed by atoms with Crippen LogP contribution in [0.3, 0.4) is 0 Å². The van der Waals surface area contributed by atoms with Crippen LogP contribution in [-0.2, 0) is 0 Å². The van der Waals surface area contributed by atoms with Crippen LogP contribution in [0.25, 0.3) is 0 Å². The third kappa shape index (κ3) is 4.60. The zero-order chi connectivity index (χ0) is 8.15. The van der Waals surface area contributed by atoms with Gasteiger partial charge in [-0.3, -0.25) is 0 Å². The fourth-order valence-corrected chi connectivity index (χ4v) is 0.763. The van der Waals surface area contributed by atoms with E-state index in [9.17, 15) is 0 Å². The van der Waals surface area contributed by atoms with Crippen molar-refractivity contribution in [2.75, 3.05) is 0 Å². The smallest absolute Gasteiger partial charge is 0 e. The lowest BCUT2D eigenvalue weighted by molar-refractivity contribution is 0.561. The highest BCUT2D eigenvalue weighted by molar-refractivity contribution is 4.96. The lowest BCUT2D eigenvalue weighted by atomic mass is 9.96. The Morgan fingerprint density at radius 1 is 1.30 bits per heavy atom. The van der Waals surface area contributed by atoms with E-state index in [0.717, 1.165) is 5.92 Å². The molecule has 0 saturated heterocycles. The summed E-state index contributed by atoms with van der Waals surface area (Å²) in [7, 11) is 0. The van der Waals surface area contributed by atoms with E-state index in [-0.39, 0.29) is 1.43 Å². The van der Waals surface area contributed by atoms with Gasteiger partial charge in [-0.15, -0.1) is 0 Å². The first-order valence-electron chi connectivity index (χ1n) is 4.21. The van der Waals surface area contributed by atoms with Gasteiger partial charge in [-0.05, 0) is 24.7 Å². The molecule has 0 heteroatoms. The maximum atomic E-state index is 4.03. The van der Waals surface area contributed by atoms with Crippen molar-refractivity contribution >= 4 is 0 Å². The van der Waals surface area contributed by atoms with Crippen molar-refractivity contribution in [3.05, 3.63) is 12.2 Å². The molecule has 0 amide bonds. The summed E-state index contributed by atoms with van der Waals surface area (Å²) in [6, 6.07) is 0. The van der Waals surface area contributed by atoms with Crippen LogP contribution in [0.5, 0.6) is 0 Å². The summed E-state index contributed by atoms with van der Waals surface area (Å²) < 4.78 is 0. The Bertz CT molecular complexity index is 103. The van der Waals surface area contributed by atoms with E-state index in [1.54, 1.807) is 0 Å². The summed E-state index contributed by atoms with van der Waals surface area (Å²) in [6.45, 7) is 13.0. The topological polar surface area (TPSA) is 0 Å². The van der Waals surface area contributed by atoms with E-state index in [2.05, 4.69) is 34.3 Å². The van der Waals surface area contributed by atoms with Crippen LogP contribution in [0.2, 0.25) is 0 Å². The molecule has 0 aromatic heterocycles. The summed E-state index contributed by atoms with van der Waals surface area (Å²) in [5.74, 6) is 1.48. The summed E-state index contributed by atoms with van der Waals surface area (Å²) >= 11 is 0. The largest absolute Gasteiger partial charge is 0.0996 e. The van der Waals surface area contributed by atoms with E-state index in [1.165, 1.54) is 18.4 Å². The van der Waals surface area contributed by atoms with Gasteiger partial charge in [0.25, 0.3) is 0 Å². The van der Waals surface area contributed by atoms with Crippen LogP contribution < -0.4 is 0 Å². The molecule has 0 aliphatic carbocycles. The molecule has 0 nitrogen and oxygen atoms in total. The van der Waals surface area contributed by atoms with Crippen molar-refractivity contribution in [1.29, 1.82) is 0 Å². The van der Waals surface area contributed by atoms with Crippen LogP contribution in [0, 0.1) is 11.8 Å². The first kappa shape index (κ1) is 9.74. The molecule has 0 N–H and O–H groups in total. The maximum Gasteiger partial charge on any atom is 0 e. The Morgan fingerprint density at radius 3 is 2.10 bits per heavy atom. The van der Waals surface area contributed by atoms with Gasteiger partial charge in [0.1, 0.15) is 0 Å². The van der Waals surface area contributed by atoms with Crippen molar-refractivity contribution in [3.8, 4) is 0 Å². The summed E-state index contributed by atoms with van der Waals surface area (Å²) in [5.41, 5.74) is 1.40. The molecule has 0 aliphatic heterocycles. The molecule has 0 heterocycles. The number of hydrogen-bond donors (Lipinski definition) is 0. The Balaban J connectivity index is 0. The third-order valence-electron chi connectivity index (χ3n) is 1.86. The Labute approximate surface area is 66.8 Å². The van der Waals surface area contributed by atoms with Gasteiger partial charge in [-0.25, -0.2) is 0 Å². The van der Waals surface area contributed by atoms with Crippen molar-refractivity contribution in [2.24, 2.45) is 11.8 Å². The second-order valence-corrected chi connectivity index (χ2v) is 3.75. The molecule has 0 bridgehead atoms. The molecule has 62 valence electrons. The fourth-order valence-electron chi connectivity index (χ4n) is 0.763. The Morgan fingerprint density at radius 2 is 1.80 bits per heavy atom. The fraction of sp³-hybridized carbons (Fsp3) is 0.800. The molecule has 10 heavy (non-hydrogen) atoms. The van der Waals surface area contributed by atoms with Crippen LogP contribution in [0.1, 0.15) is 42.0 Å². The molecule has 0 rings (SSSR count). The van der Waals surface area contributed by atoms with Crippen LogP contribution in [0.15, 0.2) is 12.2 Å². The second-order valence-electron chi connectivity index (χ2n) is 3.75. The number of allylic oxidation sites excluding steroid dienone is 1. The number of rotatable bonds is 4. The molecule has 0 fully saturated rings. The lowest BCUT2D eigenvalue weighted by Crippen LogP contribution is -1.95. The van der Waals surface area contributed by atoms with Gasteiger partial charge in [-0.2, -0.15) is 0 Å². The van der Waals surface area contributed by atoms with E-state index in [0.29, 0.717) is 5.92 Å². The minimum atomic E-state index is 0. The standard InChI is InChI=1S/C10H20.H2/c1-8(2)6-7-10(5)9(3)4;/h8-9H,5-7H2,1-4H3;1H. The predicted molar refractivity (Wildman–Crippen MR) is 50.2 cm³/mol. The SMILES string of the molecule is C=C(CCC(C)C)C(C)C.[HH]. The van der Waals surface area contributed by atoms with Crippen LogP contribution >= 0.6 is 0 Å². The third-order valence-corrected chi connectivity index (χ3v) is 1.86. The zero-order valence-corrected chi connectivity index (χ0v) is 7.78. The normalized spacial score (nSPS) is 11.0.